The van der Waals surface area contributed by atoms with Crippen molar-refractivity contribution >= 4 is 23.4 Å². The number of aromatic carboxylic acids is 1. The number of amides is 1. The zero-order valence-electron chi connectivity index (χ0n) is 15.8. The topological polar surface area (TPSA) is 102 Å². The van der Waals surface area contributed by atoms with Gasteiger partial charge in [0.25, 0.3) is 0 Å². The van der Waals surface area contributed by atoms with Gasteiger partial charge in [-0.25, -0.2) is 9.59 Å². The van der Waals surface area contributed by atoms with Crippen molar-refractivity contribution in [2.75, 3.05) is 17.7 Å². The van der Waals surface area contributed by atoms with Gasteiger partial charge >= 0.3 is 12.1 Å². The molecule has 6 heteroatoms. The van der Waals surface area contributed by atoms with Gasteiger partial charge in [0, 0.05) is 17.3 Å². The van der Waals surface area contributed by atoms with Crippen LogP contribution in [0.1, 0.15) is 33.0 Å². The Morgan fingerprint density at radius 1 is 1.03 bits per heavy atom. The summed E-state index contributed by atoms with van der Waals surface area (Å²) in [5.41, 5.74) is 11.5. The lowest BCUT2D eigenvalue weighted by molar-refractivity contribution is 0.0696. The second kappa shape index (κ2) is 7.31. The molecular formula is C23H20N2O4. The molecule has 3 aromatic carbocycles. The van der Waals surface area contributed by atoms with Crippen LogP contribution in [0, 0.1) is 6.92 Å². The monoisotopic (exact) mass is 388 g/mol. The zero-order chi connectivity index (χ0) is 20.5. The third-order valence-electron chi connectivity index (χ3n) is 5.27. The third kappa shape index (κ3) is 3.40. The summed E-state index contributed by atoms with van der Waals surface area (Å²) >= 11 is 0. The van der Waals surface area contributed by atoms with Crippen LogP contribution in [0.5, 0.6) is 0 Å². The first-order valence-electron chi connectivity index (χ1n) is 9.21. The van der Waals surface area contributed by atoms with E-state index >= 15 is 0 Å². The van der Waals surface area contributed by atoms with Crippen molar-refractivity contribution < 1.29 is 19.4 Å². The number of carboxylic acid groups (broad SMARTS) is 1. The highest BCUT2D eigenvalue weighted by atomic mass is 16.5. The number of hydrogen-bond acceptors (Lipinski definition) is 4. The van der Waals surface area contributed by atoms with Crippen LogP contribution in [0.3, 0.4) is 0 Å². The number of carboxylic acids is 1. The highest BCUT2D eigenvalue weighted by molar-refractivity contribution is 5.95. The number of carbonyl (C=O) groups is 2. The fraction of sp³-hybridized carbons (Fsp3) is 0.130. The summed E-state index contributed by atoms with van der Waals surface area (Å²) in [4.78, 5) is 23.7. The SMILES string of the molecule is Cc1c(N)cc(NC(=O)OCC2c3ccccc3-c3ccccc32)cc1C(=O)O. The van der Waals surface area contributed by atoms with E-state index in [1.807, 2.05) is 36.4 Å². The Kier molecular flexibility index (Phi) is 4.68. The van der Waals surface area contributed by atoms with E-state index in [0.717, 1.165) is 22.3 Å². The van der Waals surface area contributed by atoms with Gasteiger partial charge in [-0.3, -0.25) is 5.32 Å². The van der Waals surface area contributed by atoms with Crippen LogP contribution in [0.4, 0.5) is 16.2 Å². The highest BCUT2D eigenvalue weighted by Gasteiger charge is 2.29. The van der Waals surface area contributed by atoms with E-state index in [-0.39, 0.29) is 23.8 Å². The van der Waals surface area contributed by atoms with Crippen LogP contribution in [-0.2, 0) is 4.74 Å². The van der Waals surface area contributed by atoms with Crippen molar-refractivity contribution in [2.45, 2.75) is 12.8 Å². The number of benzene rings is 3. The number of carbonyl (C=O) groups excluding carboxylic acids is 1. The summed E-state index contributed by atoms with van der Waals surface area (Å²) in [6.07, 6.45) is -0.661. The lowest BCUT2D eigenvalue weighted by atomic mass is 9.98. The molecule has 3 aromatic rings. The molecule has 29 heavy (non-hydrogen) atoms. The van der Waals surface area contributed by atoms with Gasteiger partial charge in [-0.05, 0) is 46.9 Å². The molecule has 0 radical (unpaired) electrons. The first kappa shape index (κ1) is 18.6. The second-order valence-corrected chi connectivity index (χ2v) is 6.99. The molecule has 0 fully saturated rings. The van der Waals surface area contributed by atoms with Crippen LogP contribution >= 0.6 is 0 Å². The number of fused-ring (bicyclic) bond motifs is 3. The van der Waals surface area contributed by atoms with Gasteiger partial charge in [0.15, 0.2) is 0 Å². The van der Waals surface area contributed by atoms with Crippen molar-refractivity contribution in [1.29, 1.82) is 0 Å². The minimum Gasteiger partial charge on any atom is -0.478 e. The average molecular weight is 388 g/mol. The molecule has 6 nitrogen and oxygen atoms in total. The fourth-order valence-electron chi connectivity index (χ4n) is 3.78. The van der Waals surface area contributed by atoms with Gasteiger partial charge in [-0.2, -0.15) is 0 Å². The van der Waals surface area contributed by atoms with E-state index in [0.29, 0.717) is 11.3 Å². The predicted molar refractivity (Wildman–Crippen MR) is 111 cm³/mol. The summed E-state index contributed by atoms with van der Waals surface area (Å²) in [6.45, 7) is 1.79. The highest BCUT2D eigenvalue weighted by Crippen LogP contribution is 2.44. The van der Waals surface area contributed by atoms with Crippen LogP contribution < -0.4 is 11.1 Å². The molecule has 4 rings (SSSR count). The Hall–Kier alpha value is -3.80. The Balaban J connectivity index is 1.51. The minimum atomic E-state index is -1.11. The molecule has 1 aliphatic carbocycles. The Labute approximate surface area is 167 Å². The number of ether oxygens (including phenoxy) is 1. The third-order valence-corrected chi connectivity index (χ3v) is 5.27. The summed E-state index contributed by atoms with van der Waals surface area (Å²) in [5.74, 6) is -1.16. The van der Waals surface area contributed by atoms with Gasteiger partial charge in [0.05, 0.1) is 5.56 Å². The van der Waals surface area contributed by atoms with Crippen molar-refractivity contribution in [3.05, 3.63) is 82.9 Å². The molecule has 0 spiro atoms. The molecule has 0 aromatic heterocycles. The maximum Gasteiger partial charge on any atom is 0.411 e. The van der Waals surface area contributed by atoms with Gasteiger partial charge in [-0.15, -0.1) is 0 Å². The van der Waals surface area contributed by atoms with Gasteiger partial charge < -0.3 is 15.6 Å². The predicted octanol–water partition coefficient (Wildman–Crippen LogP) is 4.64. The Bertz CT molecular complexity index is 1080. The van der Waals surface area contributed by atoms with E-state index in [2.05, 4.69) is 17.4 Å². The van der Waals surface area contributed by atoms with Crippen LogP contribution in [0.25, 0.3) is 11.1 Å². The first-order chi connectivity index (χ1) is 14.0. The molecule has 0 heterocycles. The summed E-state index contributed by atoms with van der Waals surface area (Å²) in [6, 6.07) is 19.0. The standard InChI is InChI=1S/C23H20N2O4/c1-13-19(22(26)27)10-14(11-21(13)24)25-23(28)29-12-20-17-8-4-2-6-15(17)16-7-3-5-9-18(16)20/h2-11,20H,12,24H2,1H3,(H,25,28)(H,26,27). The van der Waals surface area contributed by atoms with Crippen molar-refractivity contribution in [3.8, 4) is 11.1 Å². The Morgan fingerprint density at radius 2 is 1.62 bits per heavy atom. The minimum absolute atomic E-state index is 0.0407. The molecule has 1 aliphatic rings. The van der Waals surface area contributed by atoms with E-state index in [1.165, 1.54) is 12.1 Å². The second-order valence-electron chi connectivity index (χ2n) is 6.99. The van der Waals surface area contributed by atoms with Crippen molar-refractivity contribution in [1.82, 2.24) is 0 Å². The maximum absolute atomic E-state index is 12.3. The van der Waals surface area contributed by atoms with Gasteiger partial charge in [0.1, 0.15) is 6.61 Å². The smallest absolute Gasteiger partial charge is 0.411 e. The molecule has 146 valence electrons. The van der Waals surface area contributed by atoms with Crippen LogP contribution in [0.15, 0.2) is 60.7 Å². The Morgan fingerprint density at radius 3 is 2.21 bits per heavy atom. The van der Waals surface area contributed by atoms with E-state index in [4.69, 9.17) is 10.5 Å². The molecule has 0 saturated carbocycles. The van der Waals surface area contributed by atoms with Gasteiger partial charge in [0.2, 0.25) is 0 Å². The van der Waals surface area contributed by atoms with E-state index in [9.17, 15) is 14.7 Å². The van der Waals surface area contributed by atoms with E-state index in [1.54, 1.807) is 6.92 Å². The molecule has 0 unspecified atom stereocenters. The summed E-state index contributed by atoms with van der Waals surface area (Å²) in [5, 5.41) is 11.9. The largest absolute Gasteiger partial charge is 0.478 e. The van der Waals surface area contributed by atoms with Gasteiger partial charge in [-0.1, -0.05) is 48.5 Å². The molecule has 0 atom stereocenters. The fourth-order valence-corrected chi connectivity index (χ4v) is 3.78. The number of anilines is 2. The normalized spacial score (nSPS) is 12.2. The number of nitrogens with two attached hydrogens (primary N) is 1. The number of nitrogen functional groups attached to an aromatic ring is 1. The van der Waals surface area contributed by atoms with Crippen molar-refractivity contribution in [2.24, 2.45) is 0 Å². The molecular weight excluding hydrogens is 368 g/mol. The maximum atomic E-state index is 12.3. The first-order valence-corrected chi connectivity index (χ1v) is 9.21. The summed E-state index contributed by atoms with van der Waals surface area (Å²) in [7, 11) is 0. The number of nitrogens with one attached hydrogen (secondary N) is 1. The molecule has 0 bridgehead atoms. The average Bonchev–Trinajstić information content (AvgIpc) is 3.03. The van der Waals surface area contributed by atoms with Crippen LogP contribution in [-0.4, -0.2) is 23.8 Å². The quantitative estimate of drug-likeness (QED) is 0.565. The lowest BCUT2D eigenvalue weighted by Crippen LogP contribution is -2.18. The van der Waals surface area contributed by atoms with Crippen LogP contribution in [0.2, 0.25) is 0 Å². The number of rotatable bonds is 4. The molecule has 0 aliphatic heterocycles. The number of hydrogen-bond donors (Lipinski definition) is 3. The molecule has 0 saturated heterocycles. The molecule has 4 N–H and O–H groups in total. The zero-order valence-corrected chi connectivity index (χ0v) is 15.8. The van der Waals surface area contributed by atoms with E-state index < -0.39 is 12.1 Å². The lowest BCUT2D eigenvalue weighted by Gasteiger charge is -2.15. The molecule has 1 amide bonds. The summed E-state index contributed by atoms with van der Waals surface area (Å²) < 4.78 is 5.48. The van der Waals surface area contributed by atoms with Crippen molar-refractivity contribution in [3.63, 3.8) is 0 Å².